The molecule has 140 valence electrons. The first-order valence-electron chi connectivity index (χ1n) is 9.83. The average Bonchev–Trinajstić information content (AvgIpc) is 3.32. The molecule has 0 unspecified atom stereocenters. The predicted molar refractivity (Wildman–Crippen MR) is 103 cm³/mol. The molecule has 0 N–H and O–H groups in total. The van der Waals surface area contributed by atoms with Gasteiger partial charge in [0.25, 0.3) is 0 Å². The Balaban J connectivity index is 1.42. The van der Waals surface area contributed by atoms with Crippen molar-refractivity contribution in [2.24, 2.45) is 0 Å². The monoisotopic (exact) mass is 364 g/mol. The molecule has 2 saturated heterocycles. The summed E-state index contributed by atoms with van der Waals surface area (Å²) < 4.78 is 5.81. The number of nitrogens with zero attached hydrogens (tertiary/aromatic N) is 4. The van der Waals surface area contributed by atoms with E-state index in [1.165, 1.54) is 5.56 Å². The van der Waals surface area contributed by atoms with Gasteiger partial charge in [0.1, 0.15) is 0 Å². The van der Waals surface area contributed by atoms with Crippen LogP contribution < -0.4 is 9.80 Å². The van der Waals surface area contributed by atoms with Crippen LogP contribution in [0.4, 0.5) is 11.6 Å². The van der Waals surface area contributed by atoms with E-state index in [4.69, 9.17) is 4.74 Å². The highest BCUT2D eigenvalue weighted by Crippen LogP contribution is 2.48. The second-order valence-corrected chi connectivity index (χ2v) is 7.69. The maximum Gasteiger partial charge on any atom is 0.237 e. The van der Waals surface area contributed by atoms with E-state index in [-0.39, 0.29) is 12.0 Å². The van der Waals surface area contributed by atoms with Gasteiger partial charge >= 0.3 is 0 Å². The van der Waals surface area contributed by atoms with Crippen LogP contribution >= 0.6 is 0 Å². The van der Waals surface area contributed by atoms with Crippen LogP contribution in [0.2, 0.25) is 0 Å². The molecule has 27 heavy (non-hydrogen) atoms. The number of ether oxygens (including phenoxy) is 1. The number of fused-ring (bicyclic) bond motifs is 2. The van der Waals surface area contributed by atoms with Crippen LogP contribution in [-0.2, 0) is 14.9 Å². The molecule has 1 aromatic heterocycles. The first-order valence-corrected chi connectivity index (χ1v) is 9.83. The topological polar surface area (TPSA) is 58.6 Å². The van der Waals surface area contributed by atoms with Crippen molar-refractivity contribution in [2.75, 3.05) is 36.0 Å². The molecule has 0 saturated carbocycles. The lowest BCUT2D eigenvalue weighted by Gasteiger charge is -2.38. The minimum atomic E-state index is -0.416. The molecule has 2 fully saturated rings. The smallest absolute Gasteiger partial charge is 0.237 e. The summed E-state index contributed by atoms with van der Waals surface area (Å²) in [5.74, 6) is 0.995. The Labute approximate surface area is 159 Å². The molecule has 0 radical (unpaired) electrons. The highest BCUT2D eigenvalue weighted by atomic mass is 16.5. The second-order valence-electron chi connectivity index (χ2n) is 7.69. The SMILES string of the molecule is O=C1N(C[C@@H]2CCCO2)c2ccccc2C12CCN(c1ncccn1)CC2. The highest BCUT2D eigenvalue weighted by Gasteiger charge is 2.52. The van der Waals surface area contributed by atoms with Crippen LogP contribution in [0, 0.1) is 0 Å². The van der Waals surface area contributed by atoms with E-state index in [9.17, 15) is 4.79 Å². The minimum absolute atomic E-state index is 0.162. The first kappa shape index (κ1) is 16.7. The summed E-state index contributed by atoms with van der Waals surface area (Å²) >= 11 is 0. The van der Waals surface area contributed by atoms with Gasteiger partial charge < -0.3 is 14.5 Å². The number of carbonyl (C=O) groups excluding carboxylic acids is 1. The van der Waals surface area contributed by atoms with Gasteiger partial charge in [0.05, 0.1) is 18.1 Å². The predicted octanol–water partition coefficient (Wildman–Crippen LogP) is 2.54. The van der Waals surface area contributed by atoms with E-state index in [1.807, 2.05) is 17.0 Å². The van der Waals surface area contributed by atoms with Gasteiger partial charge in [0, 0.05) is 37.8 Å². The van der Waals surface area contributed by atoms with Crippen molar-refractivity contribution in [2.45, 2.75) is 37.2 Å². The number of hydrogen-bond donors (Lipinski definition) is 0. The maximum absolute atomic E-state index is 13.6. The Morgan fingerprint density at radius 1 is 1.11 bits per heavy atom. The lowest BCUT2D eigenvalue weighted by Crippen LogP contribution is -2.50. The average molecular weight is 364 g/mol. The van der Waals surface area contributed by atoms with E-state index in [0.717, 1.165) is 57.0 Å². The van der Waals surface area contributed by atoms with Gasteiger partial charge in [-0.05, 0) is 43.4 Å². The van der Waals surface area contributed by atoms with Gasteiger partial charge in [0.2, 0.25) is 11.9 Å². The molecule has 6 nitrogen and oxygen atoms in total. The third kappa shape index (κ3) is 2.70. The number of piperidine rings is 1. The zero-order valence-corrected chi connectivity index (χ0v) is 15.4. The number of benzene rings is 1. The molecule has 6 heteroatoms. The van der Waals surface area contributed by atoms with Crippen LogP contribution in [0.25, 0.3) is 0 Å². The van der Waals surface area contributed by atoms with Crippen LogP contribution in [0.15, 0.2) is 42.7 Å². The molecule has 1 amide bonds. The number of hydrogen-bond acceptors (Lipinski definition) is 5. The molecule has 0 aliphatic carbocycles. The zero-order chi connectivity index (χ0) is 18.3. The Hall–Kier alpha value is -2.47. The summed E-state index contributed by atoms with van der Waals surface area (Å²) in [6, 6.07) is 10.1. The van der Waals surface area contributed by atoms with Crippen molar-refractivity contribution in [1.82, 2.24) is 9.97 Å². The van der Waals surface area contributed by atoms with Crippen LogP contribution in [0.1, 0.15) is 31.2 Å². The Morgan fingerprint density at radius 3 is 2.63 bits per heavy atom. The van der Waals surface area contributed by atoms with Gasteiger partial charge in [-0.25, -0.2) is 9.97 Å². The molecule has 3 aliphatic rings. The summed E-state index contributed by atoms with van der Waals surface area (Å²) in [6.07, 6.45) is 7.42. The number of rotatable bonds is 3. The van der Waals surface area contributed by atoms with Crippen molar-refractivity contribution in [1.29, 1.82) is 0 Å². The Kier molecular flexibility index (Phi) is 4.08. The third-order valence-electron chi connectivity index (χ3n) is 6.23. The summed E-state index contributed by atoms with van der Waals surface area (Å²) in [7, 11) is 0. The van der Waals surface area contributed by atoms with Crippen LogP contribution in [0.3, 0.4) is 0 Å². The van der Waals surface area contributed by atoms with Crippen molar-refractivity contribution in [3.05, 3.63) is 48.3 Å². The van der Waals surface area contributed by atoms with Crippen molar-refractivity contribution in [3.63, 3.8) is 0 Å². The molecule has 4 heterocycles. The number of carbonyl (C=O) groups is 1. The molecule has 1 aromatic carbocycles. The van der Waals surface area contributed by atoms with Gasteiger partial charge in [0.15, 0.2) is 0 Å². The minimum Gasteiger partial charge on any atom is -0.376 e. The molecule has 1 atom stereocenters. The standard InChI is InChI=1S/C21H24N4O2/c26-19-21(8-12-24(13-9-21)20-22-10-4-11-23-20)17-6-1-2-7-18(17)25(19)15-16-5-3-14-27-16/h1-2,4,6-7,10-11,16H,3,5,8-9,12-15H2/t16-/m0/s1. The fraction of sp³-hybridized carbons (Fsp3) is 0.476. The number of anilines is 2. The van der Waals surface area contributed by atoms with Crippen LogP contribution in [-0.4, -0.2) is 48.2 Å². The lowest BCUT2D eigenvalue weighted by atomic mass is 9.73. The molecule has 2 aromatic rings. The van der Waals surface area contributed by atoms with Gasteiger partial charge in [-0.15, -0.1) is 0 Å². The van der Waals surface area contributed by atoms with Crippen molar-refractivity contribution in [3.8, 4) is 0 Å². The Bertz CT molecular complexity index is 827. The fourth-order valence-electron chi connectivity index (χ4n) is 4.80. The highest BCUT2D eigenvalue weighted by molar-refractivity contribution is 6.08. The van der Waals surface area contributed by atoms with E-state index in [2.05, 4.69) is 33.1 Å². The molecule has 0 bridgehead atoms. The summed E-state index contributed by atoms with van der Waals surface area (Å²) in [4.78, 5) is 26.5. The van der Waals surface area contributed by atoms with Crippen molar-refractivity contribution < 1.29 is 9.53 Å². The van der Waals surface area contributed by atoms with E-state index in [0.29, 0.717) is 6.54 Å². The third-order valence-corrected chi connectivity index (χ3v) is 6.23. The van der Waals surface area contributed by atoms with Crippen LogP contribution in [0.5, 0.6) is 0 Å². The summed E-state index contributed by atoms with van der Waals surface area (Å²) in [6.45, 7) is 3.06. The second kappa shape index (κ2) is 6.60. The number of amides is 1. The molecular formula is C21H24N4O2. The number of para-hydroxylation sites is 1. The van der Waals surface area contributed by atoms with E-state index in [1.54, 1.807) is 12.4 Å². The molecule has 3 aliphatic heterocycles. The summed E-state index contributed by atoms with van der Waals surface area (Å²) in [5.41, 5.74) is 1.84. The molecule has 5 rings (SSSR count). The quantitative estimate of drug-likeness (QED) is 0.838. The number of aromatic nitrogens is 2. The molecular weight excluding hydrogens is 340 g/mol. The normalized spacial score (nSPS) is 23.9. The van der Waals surface area contributed by atoms with Gasteiger partial charge in [-0.3, -0.25) is 4.79 Å². The lowest BCUT2D eigenvalue weighted by molar-refractivity contribution is -0.124. The summed E-state index contributed by atoms with van der Waals surface area (Å²) in [5, 5.41) is 0. The zero-order valence-electron chi connectivity index (χ0n) is 15.4. The molecule has 1 spiro atoms. The van der Waals surface area contributed by atoms with Gasteiger partial charge in [-0.1, -0.05) is 18.2 Å². The maximum atomic E-state index is 13.6. The first-order chi connectivity index (χ1) is 13.3. The van der Waals surface area contributed by atoms with Crippen molar-refractivity contribution >= 4 is 17.5 Å². The fourth-order valence-corrected chi connectivity index (χ4v) is 4.80. The van der Waals surface area contributed by atoms with Gasteiger partial charge in [-0.2, -0.15) is 0 Å². The van der Waals surface area contributed by atoms with E-state index >= 15 is 0 Å². The Morgan fingerprint density at radius 2 is 1.89 bits per heavy atom. The van der Waals surface area contributed by atoms with E-state index < -0.39 is 5.41 Å². The largest absolute Gasteiger partial charge is 0.376 e.